The van der Waals surface area contributed by atoms with Crippen LogP contribution in [-0.2, 0) is 10.2 Å². The van der Waals surface area contributed by atoms with E-state index in [9.17, 15) is 4.79 Å². The molecule has 1 atom stereocenters. The van der Waals surface area contributed by atoms with Gasteiger partial charge in [0.2, 0.25) is 5.91 Å². The zero-order valence-corrected chi connectivity index (χ0v) is 15.2. The standard InChI is InChI=1S/C22H18BrNO/c23-18-11-13-19(14-12-18)24-21(25)20-15-22(20,16-7-3-1-4-8-16)17-9-5-2-6-10-17/h1-14,20H,15H2,(H,24,25). The predicted molar refractivity (Wildman–Crippen MR) is 105 cm³/mol. The Morgan fingerprint density at radius 3 is 1.88 bits per heavy atom. The van der Waals surface area contributed by atoms with Crippen LogP contribution >= 0.6 is 15.9 Å². The number of amides is 1. The molecule has 1 unspecified atom stereocenters. The van der Waals surface area contributed by atoms with Crippen molar-refractivity contribution in [3.8, 4) is 0 Å². The molecule has 0 bridgehead atoms. The highest BCUT2D eigenvalue weighted by Gasteiger charge is 2.60. The lowest BCUT2D eigenvalue weighted by atomic mass is 9.85. The number of hydrogen-bond donors (Lipinski definition) is 1. The minimum Gasteiger partial charge on any atom is -0.326 e. The Morgan fingerprint density at radius 1 is 0.840 bits per heavy atom. The lowest BCUT2D eigenvalue weighted by molar-refractivity contribution is -0.117. The van der Waals surface area contributed by atoms with Crippen LogP contribution in [0.3, 0.4) is 0 Å². The molecule has 0 spiro atoms. The van der Waals surface area contributed by atoms with E-state index in [-0.39, 0.29) is 17.2 Å². The van der Waals surface area contributed by atoms with Gasteiger partial charge in [-0.3, -0.25) is 4.79 Å². The van der Waals surface area contributed by atoms with Gasteiger partial charge in [-0.05, 0) is 41.8 Å². The number of hydrogen-bond acceptors (Lipinski definition) is 1. The second-order valence-corrected chi connectivity index (χ2v) is 7.37. The molecule has 3 heteroatoms. The van der Waals surface area contributed by atoms with Crippen molar-refractivity contribution in [2.24, 2.45) is 5.92 Å². The number of benzene rings is 3. The fourth-order valence-corrected chi connectivity index (χ4v) is 3.88. The van der Waals surface area contributed by atoms with Crippen LogP contribution < -0.4 is 5.32 Å². The number of halogens is 1. The first-order valence-corrected chi connectivity index (χ1v) is 9.17. The molecule has 1 aliphatic carbocycles. The van der Waals surface area contributed by atoms with Crippen molar-refractivity contribution in [2.45, 2.75) is 11.8 Å². The quantitative estimate of drug-likeness (QED) is 0.634. The maximum Gasteiger partial charge on any atom is 0.228 e. The summed E-state index contributed by atoms with van der Waals surface area (Å²) in [5.74, 6) is 0.0241. The Balaban J connectivity index is 1.64. The molecular weight excluding hydrogens is 374 g/mol. The summed E-state index contributed by atoms with van der Waals surface area (Å²) in [4.78, 5) is 12.9. The van der Waals surface area contributed by atoms with Crippen LogP contribution in [0.5, 0.6) is 0 Å². The first-order valence-electron chi connectivity index (χ1n) is 8.37. The van der Waals surface area contributed by atoms with Crippen LogP contribution in [0.1, 0.15) is 17.5 Å². The molecule has 0 radical (unpaired) electrons. The minimum absolute atomic E-state index is 0.0547. The van der Waals surface area contributed by atoms with Crippen molar-refractivity contribution >= 4 is 27.5 Å². The summed E-state index contributed by atoms with van der Waals surface area (Å²) in [6.45, 7) is 0. The molecular formula is C22H18BrNO. The zero-order valence-electron chi connectivity index (χ0n) is 13.7. The molecule has 1 aliphatic rings. The lowest BCUT2D eigenvalue weighted by Crippen LogP contribution is -2.22. The highest BCUT2D eigenvalue weighted by Crippen LogP contribution is 2.59. The Hall–Kier alpha value is -2.39. The van der Waals surface area contributed by atoms with Gasteiger partial charge in [-0.1, -0.05) is 76.6 Å². The largest absolute Gasteiger partial charge is 0.326 e. The molecule has 25 heavy (non-hydrogen) atoms. The van der Waals surface area contributed by atoms with Gasteiger partial charge in [0.05, 0.1) is 5.92 Å². The highest BCUT2D eigenvalue weighted by molar-refractivity contribution is 9.10. The van der Waals surface area contributed by atoms with Gasteiger partial charge in [0.25, 0.3) is 0 Å². The van der Waals surface area contributed by atoms with Crippen molar-refractivity contribution < 1.29 is 4.79 Å². The van der Waals surface area contributed by atoms with Gasteiger partial charge in [-0.15, -0.1) is 0 Å². The average Bonchev–Trinajstić information content (AvgIpc) is 3.42. The third-order valence-electron chi connectivity index (χ3n) is 4.97. The number of anilines is 1. The summed E-state index contributed by atoms with van der Waals surface area (Å²) in [7, 11) is 0. The first-order chi connectivity index (χ1) is 12.2. The van der Waals surface area contributed by atoms with E-state index in [1.807, 2.05) is 60.7 Å². The number of carbonyl (C=O) groups excluding carboxylic acids is 1. The number of rotatable bonds is 4. The van der Waals surface area contributed by atoms with E-state index in [1.165, 1.54) is 11.1 Å². The molecule has 0 aromatic heterocycles. The van der Waals surface area contributed by atoms with Crippen LogP contribution in [0.2, 0.25) is 0 Å². The molecule has 124 valence electrons. The zero-order chi connectivity index (χ0) is 17.3. The van der Waals surface area contributed by atoms with Crippen molar-refractivity contribution in [3.05, 3.63) is 101 Å². The number of nitrogens with one attached hydrogen (secondary N) is 1. The topological polar surface area (TPSA) is 29.1 Å². The van der Waals surface area contributed by atoms with E-state index in [0.29, 0.717) is 0 Å². The van der Waals surface area contributed by atoms with Gasteiger partial charge in [0.1, 0.15) is 0 Å². The van der Waals surface area contributed by atoms with E-state index in [0.717, 1.165) is 16.6 Å². The molecule has 0 heterocycles. The molecule has 1 amide bonds. The van der Waals surface area contributed by atoms with E-state index in [2.05, 4.69) is 45.5 Å². The van der Waals surface area contributed by atoms with Crippen molar-refractivity contribution in [1.29, 1.82) is 0 Å². The van der Waals surface area contributed by atoms with Crippen LogP contribution in [0.25, 0.3) is 0 Å². The molecule has 2 nitrogen and oxygen atoms in total. The molecule has 1 fully saturated rings. The first kappa shape index (κ1) is 16.1. The Kier molecular flexibility index (Phi) is 4.18. The van der Waals surface area contributed by atoms with Crippen LogP contribution in [0, 0.1) is 5.92 Å². The van der Waals surface area contributed by atoms with Crippen molar-refractivity contribution in [1.82, 2.24) is 0 Å². The van der Waals surface area contributed by atoms with E-state index >= 15 is 0 Å². The molecule has 3 aromatic carbocycles. The predicted octanol–water partition coefficient (Wildman–Crippen LogP) is 5.39. The lowest BCUT2D eigenvalue weighted by Gasteiger charge is -2.19. The normalized spacial score (nSPS) is 17.7. The molecule has 3 aromatic rings. The smallest absolute Gasteiger partial charge is 0.228 e. The molecule has 0 aliphatic heterocycles. The fraction of sp³-hybridized carbons (Fsp3) is 0.136. The van der Waals surface area contributed by atoms with Crippen LogP contribution in [-0.4, -0.2) is 5.91 Å². The van der Waals surface area contributed by atoms with Gasteiger partial charge in [0.15, 0.2) is 0 Å². The maximum absolute atomic E-state index is 12.9. The van der Waals surface area contributed by atoms with Crippen molar-refractivity contribution in [3.63, 3.8) is 0 Å². The van der Waals surface area contributed by atoms with Gasteiger partial charge < -0.3 is 5.32 Å². The van der Waals surface area contributed by atoms with Gasteiger partial charge in [-0.25, -0.2) is 0 Å². The molecule has 4 rings (SSSR count). The summed E-state index contributed by atoms with van der Waals surface area (Å²) in [5.41, 5.74) is 3.02. The van der Waals surface area contributed by atoms with E-state index in [1.54, 1.807) is 0 Å². The summed E-state index contributed by atoms with van der Waals surface area (Å²) >= 11 is 3.42. The van der Waals surface area contributed by atoms with Crippen LogP contribution in [0.4, 0.5) is 5.69 Å². The molecule has 1 N–H and O–H groups in total. The second-order valence-electron chi connectivity index (χ2n) is 6.46. The summed E-state index contributed by atoms with van der Waals surface area (Å²) in [6, 6.07) is 28.4. The second kappa shape index (κ2) is 6.49. The van der Waals surface area contributed by atoms with Gasteiger partial charge in [-0.2, -0.15) is 0 Å². The van der Waals surface area contributed by atoms with Crippen molar-refractivity contribution in [2.75, 3.05) is 5.32 Å². The third-order valence-corrected chi connectivity index (χ3v) is 5.50. The summed E-state index contributed by atoms with van der Waals surface area (Å²) in [6.07, 6.45) is 0.837. The maximum atomic E-state index is 12.9. The van der Waals surface area contributed by atoms with E-state index < -0.39 is 0 Å². The van der Waals surface area contributed by atoms with E-state index in [4.69, 9.17) is 0 Å². The third kappa shape index (κ3) is 3.00. The van der Waals surface area contributed by atoms with Crippen LogP contribution in [0.15, 0.2) is 89.4 Å². The molecule has 1 saturated carbocycles. The fourth-order valence-electron chi connectivity index (χ4n) is 3.62. The molecule has 0 saturated heterocycles. The summed E-state index contributed by atoms with van der Waals surface area (Å²) in [5, 5.41) is 3.07. The average molecular weight is 392 g/mol. The number of carbonyl (C=O) groups is 1. The van der Waals surface area contributed by atoms with Gasteiger partial charge in [0, 0.05) is 15.6 Å². The Labute approximate surface area is 156 Å². The highest BCUT2D eigenvalue weighted by atomic mass is 79.9. The SMILES string of the molecule is O=C(Nc1ccc(Br)cc1)C1CC1(c1ccccc1)c1ccccc1. The Bertz CT molecular complexity index is 835. The Morgan fingerprint density at radius 2 is 1.36 bits per heavy atom. The minimum atomic E-state index is -0.220. The monoisotopic (exact) mass is 391 g/mol. The summed E-state index contributed by atoms with van der Waals surface area (Å²) < 4.78 is 1.000. The van der Waals surface area contributed by atoms with Gasteiger partial charge >= 0.3 is 0 Å².